The van der Waals surface area contributed by atoms with Crippen LogP contribution in [0, 0.1) is 0 Å². The first-order valence-electron chi connectivity index (χ1n) is 5.17. The van der Waals surface area contributed by atoms with Crippen LogP contribution in [-0.2, 0) is 0 Å². The first-order valence-corrected chi connectivity index (χ1v) is 7.45. The Hall–Kier alpha value is -0.390. The van der Waals surface area contributed by atoms with Crippen LogP contribution in [0.3, 0.4) is 0 Å². The summed E-state index contributed by atoms with van der Waals surface area (Å²) < 4.78 is 0. The highest BCUT2D eigenvalue weighted by molar-refractivity contribution is 8.38. The SMILES string of the molecule is CS1(C2=CCCCC2)C=C=CCC1. The second-order valence-corrected chi connectivity index (χ2v) is 7.54. The number of hydrogen-bond donors (Lipinski definition) is 0. The Morgan fingerprint density at radius 3 is 2.85 bits per heavy atom. The van der Waals surface area contributed by atoms with E-state index in [0.717, 1.165) is 0 Å². The molecule has 1 atom stereocenters. The topological polar surface area (TPSA) is 0 Å². The van der Waals surface area contributed by atoms with Gasteiger partial charge in [0.25, 0.3) is 0 Å². The molecule has 2 aliphatic rings. The zero-order chi connectivity index (χ0) is 9.15. The molecule has 0 aromatic rings. The van der Waals surface area contributed by atoms with E-state index in [0.29, 0.717) is 0 Å². The molecule has 0 saturated heterocycles. The third-order valence-electron chi connectivity index (χ3n) is 2.98. The minimum atomic E-state index is -0.548. The molecule has 1 heteroatoms. The highest BCUT2D eigenvalue weighted by Gasteiger charge is 2.21. The molecule has 1 unspecified atom stereocenters. The second-order valence-electron chi connectivity index (χ2n) is 4.06. The lowest BCUT2D eigenvalue weighted by molar-refractivity contribution is 0.722. The molecule has 0 spiro atoms. The van der Waals surface area contributed by atoms with Crippen LogP contribution >= 0.6 is 10.0 Å². The number of allylic oxidation sites excluding steroid dienone is 3. The van der Waals surface area contributed by atoms with E-state index in [9.17, 15) is 0 Å². The van der Waals surface area contributed by atoms with Crippen LogP contribution in [0.2, 0.25) is 0 Å². The molecule has 0 aromatic heterocycles. The van der Waals surface area contributed by atoms with Crippen LogP contribution in [0.1, 0.15) is 32.1 Å². The van der Waals surface area contributed by atoms with E-state index in [-0.39, 0.29) is 0 Å². The fraction of sp³-hybridized carbons (Fsp3) is 0.583. The summed E-state index contributed by atoms with van der Waals surface area (Å²) in [5.74, 6) is 1.37. The quantitative estimate of drug-likeness (QED) is 0.554. The van der Waals surface area contributed by atoms with Crippen LogP contribution in [0.4, 0.5) is 0 Å². The van der Waals surface area contributed by atoms with Gasteiger partial charge in [-0.1, -0.05) is 6.08 Å². The molecule has 72 valence electrons. The first kappa shape index (κ1) is 9.18. The fourth-order valence-corrected chi connectivity index (χ4v) is 4.73. The van der Waals surface area contributed by atoms with Gasteiger partial charge in [-0.25, -0.2) is 0 Å². The smallest absolute Gasteiger partial charge is 0.00109 e. The van der Waals surface area contributed by atoms with E-state index in [1.807, 2.05) is 0 Å². The molecule has 13 heavy (non-hydrogen) atoms. The predicted molar refractivity (Wildman–Crippen MR) is 62.2 cm³/mol. The lowest BCUT2D eigenvalue weighted by Crippen LogP contribution is -2.07. The van der Waals surface area contributed by atoms with Gasteiger partial charge in [-0.2, -0.15) is 10.0 Å². The summed E-state index contributed by atoms with van der Waals surface area (Å²) in [6, 6.07) is 0. The van der Waals surface area contributed by atoms with Gasteiger partial charge < -0.3 is 0 Å². The van der Waals surface area contributed by atoms with E-state index in [2.05, 4.69) is 29.5 Å². The van der Waals surface area contributed by atoms with Crippen molar-refractivity contribution in [3.63, 3.8) is 0 Å². The molecule has 0 fully saturated rings. The van der Waals surface area contributed by atoms with Crippen LogP contribution in [0.15, 0.2) is 28.2 Å². The molecule has 1 aliphatic heterocycles. The van der Waals surface area contributed by atoms with Crippen molar-refractivity contribution in [2.75, 3.05) is 12.0 Å². The van der Waals surface area contributed by atoms with E-state index in [1.165, 1.54) is 37.9 Å². The van der Waals surface area contributed by atoms with E-state index >= 15 is 0 Å². The van der Waals surface area contributed by atoms with Gasteiger partial charge in [-0.15, -0.1) is 5.73 Å². The van der Waals surface area contributed by atoms with Gasteiger partial charge in [0.1, 0.15) is 0 Å². The average molecular weight is 194 g/mol. The largest absolute Gasteiger partial charge is 0.194 e. The maximum Gasteiger partial charge on any atom is -0.00109 e. The summed E-state index contributed by atoms with van der Waals surface area (Å²) >= 11 is 0. The van der Waals surface area contributed by atoms with Crippen LogP contribution in [0.25, 0.3) is 0 Å². The Morgan fingerprint density at radius 1 is 1.31 bits per heavy atom. The molecule has 1 heterocycles. The molecule has 0 nitrogen and oxygen atoms in total. The maximum atomic E-state index is 3.32. The van der Waals surface area contributed by atoms with Crippen LogP contribution in [-0.4, -0.2) is 12.0 Å². The summed E-state index contributed by atoms with van der Waals surface area (Å²) in [6.07, 6.45) is 13.8. The standard InChI is InChI=1S/C12H18S/c1-13(10-6-3-7-11-13)12-8-4-2-5-9-12/h3,8,11H,2,4-6,9-10H2,1H3. The van der Waals surface area contributed by atoms with Crippen molar-refractivity contribution in [2.45, 2.75) is 32.1 Å². The second kappa shape index (κ2) is 3.77. The first-order chi connectivity index (χ1) is 6.31. The molecule has 2 rings (SSSR count). The summed E-state index contributed by atoms with van der Waals surface area (Å²) in [5, 5.41) is 2.35. The molecule has 0 radical (unpaired) electrons. The Kier molecular flexibility index (Phi) is 2.66. The Balaban J connectivity index is 2.22. The molecular weight excluding hydrogens is 176 g/mol. The van der Waals surface area contributed by atoms with Crippen molar-refractivity contribution in [2.24, 2.45) is 0 Å². The summed E-state index contributed by atoms with van der Waals surface area (Å²) in [5.41, 5.74) is 3.32. The molecule has 0 aromatic carbocycles. The van der Waals surface area contributed by atoms with Gasteiger partial charge in [-0.05, 0) is 60.5 Å². The monoisotopic (exact) mass is 194 g/mol. The zero-order valence-corrected chi connectivity index (χ0v) is 9.20. The molecular formula is C12H18S. The van der Waals surface area contributed by atoms with Gasteiger partial charge in [0, 0.05) is 0 Å². The van der Waals surface area contributed by atoms with Crippen molar-refractivity contribution >= 4 is 10.0 Å². The zero-order valence-electron chi connectivity index (χ0n) is 8.38. The predicted octanol–water partition coefficient (Wildman–Crippen LogP) is 3.95. The van der Waals surface area contributed by atoms with Gasteiger partial charge in [0.15, 0.2) is 0 Å². The molecule has 0 bridgehead atoms. The molecule has 0 saturated carbocycles. The van der Waals surface area contributed by atoms with Crippen LogP contribution < -0.4 is 0 Å². The summed E-state index contributed by atoms with van der Waals surface area (Å²) in [6.45, 7) is 0. The molecule has 1 aliphatic carbocycles. The van der Waals surface area contributed by atoms with Crippen molar-refractivity contribution in [3.8, 4) is 0 Å². The van der Waals surface area contributed by atoms with Crippen molar-refractivity contribution < 1.29 is 0 Å². The van der Waals surface area contributed by atoms with Crippen molar-refractivity contribution in [3.05, 3.63) is 28.2 Å². The van der Waals surface area contributed by atoms with Crippen molar-refractivity contribution in [1.82, 2.24) is 0 Å². The number of rotatable bonds is 1. The third kappa shape index (κ3) is 1.92. The van der Waals surface area contributed by atoms with E-state index < -0.39 is 10.0 Å². The van der Waals surface area contributed by atoms with Gasteiger partial charge in [0.05, 0.1) is 0 Å². The lowest BCUT2D eigenvalue weighted by Gasteiger charge is -2.37. The minimum Gasteiger partial charge on any atom is -0.194 e. The molecule has 0 N–H and O–H groups in total. The highest BCUT2D eigenvalue weighted by Crippen LogP contribution is 2.57. The summed E-state index contributed by atoms with van der Waals surface area (Å²) in [4.78, 5) is 1.75. The molecule has 0 amide bonds. The van der Waals surface area contributed by atoms with Gasteiger partial charge in [0.2, 0.25) is 0 Å². The summed E-state index contributed by atoms with van der Waals surface area (Å²) in [7, 11) is -0.548. The average Bonchev–Trinajstić information content (AvgIpc) is 2.20. The highest BCUT2D eigenvalue weighted by atomic mass is 32.3. The lowest BCUT2D eigenvalue weighted by atomic mass is 10.1. The Morgan fingerprint density at radius 2 is 2.23 bits per heavy atom. The van der Waals surface area contributed by atoms with E-state index in [4.69, 9.17) is 0 Å². The third-order valence-corrected chi connectivity index (χ3v) is 6.29. The Labute approximate surface area is 82.7 Å². The van der Waals surface area contributed by atoms with Crippen molar-refractivity contribution in [1.29, 1.82) is 0 Å². The van der Waals surface area contributed by atoms with Gasteiger partial charge >= 0.3 is 0 Å². The number of hydrogen-bond acceptors (Lipinski definition) is 0. The van der Waals surface area contributed by atoms with E-state index in [1.54, 1.807) is 4.91 Å². The fourth-order valence-electron chi connectivity index (χ4n) is 2.08. The van der Waals surface area contributed by atoms with Gasteiger partial charge in [-0.3, -0.25) is 0 Å². The van der Waals surface area contributed by atoms with Crippen LogP contribution in [0.5, 0.6) is 0 Å². The minimum absolute atomic E-state index is 0.548. The Bertz CT molecular complexity index is 281. The normalized spacial score (nSPS) is 38.1. The maximum absolute atomic E-state index is 3.32.